The maximum atomic E-state index is 12.8. The van der Waals surface area contributed by atoms with Crippen LogP contribution in [0.25, 0.3) is 0 Å². The third kappa shape index (κ3) is 3.84. The topological polar surface area (TPSA) is 32.3 Å². The monoisotopic (exact) mass is 306 g/mol. The molecule has 2 aliphatic heterocycles. The number of carbonyl (C=O) groups excluding carboxylic acids is 1. The molecule has 22 heavy (non-hydrogen) atoms. The van der Waals surface area contributed by atoms with Crippen LogP contribution in [0.5, 0.6) is 0 Å². The molecule has 1 N–H and O–H groups in total. The fourth-order valence-electron chi connectivity index (χ4n) is 5.07. The molecule has 0 radical (unpaired) electrons. The van der Waals surface area contributed by atoms with E-state index in [0.29, 0.717) is 23.2 Å². The van der Waals surface area contributed by atoms with Crippen molar-refractivity contribution in [1.29, 1.82) is 0 Å². The van der Waals surface area contributed by atoms with E-state index in [-0.39, 0.29) is 0 Å². The van der Waals surface area contributed by atoms with Gasteiger partial charge in [-0.15, -0.1) is 0 Å². The zero-order valence-electron chi connectivity index (χ0n) is 14.4. The van der Waals surface area contributed by atoms with E-state index in [1.807, 2.05) is 0 Å². The molecule has 0 aromatic carbocycles. The summed E-state index contributed by atoms with van der Waals surface area (Å²) in [4.78, 5) is 15.0. The van der Waals surface area contributed by atoms with E-state index in [4.69, 9.17) is 0 Å². The SMILES string of the molecule is CC(CC(=O)N1CCCC2(CCCCC2)C1)C1CCCNC1. The summed E-state index contributed by atoms with van der Waals surface area (Å²) in [6.07, 6.45) is 12.8. The van der Waals surface area contributed by atoms with E-state index in [9.17, 15) is 4.79 Å². The Morgan fingerprint density at radius 2 is 1.95 bits per heavy atom. The van der Waals surface area contributed by atoms with Gasteiger partial charge in [0.1, 0.15) is 0 Å². The van der Waals surface area contributed by atoms with Crippen LogP contribution in [-0.4, -0.2) is 37.0 Å². The van der Waals surface area contributed by atoms with Crippen LogP contribution in [0.4, 0.5) is 0 Å². The summed E-state index contributed by atoms with van der Waals surface area (Å²) in [6.45, 7) is 6.62. The van der Waals surface area contributed by atoms with Gasteiger partial charge in [-0.25, -0.2) is 0 Å². The summed E-state index contributed by atoms with van der Waals surface area (Å²) in [5.41, 5.74) is 0.488. The molecule has 3 heteroatoms. The van der Waals surface area contributed by atoms with E-state index in [1.54, 1.807) is 0 Å². The van der Waals surface area contributed by atoms with Crippen LogP contribution in [0.15, 0.2) is 0 Å². The predicted molar refractivity (Wildman–Crippen MR) is 90.7 cm³/mol. The molecule has 2 saturated heterocycles. The quantitative estimate of drug-likeness (QED) is 0.864. The number of piperidine rings is 2. The van der Waals surface area contributed by atoms with Gasteiger partial charge < -0.3 is 10.2 Å². The zero-order chi connectivity index (χ0) is 15.4. The fraction of sp³-hybridized carbons (Fsp3) is 0.947. The molecule has 3 nitrogen and oxygen atoms in total. The molecule has 0 aromatic rings. The molecule has 3 rings (SSSR count). The Morgan fingerprint density at radius 3 is 2.68 bits per heavy atom. The Kier molecular flexibility index (Phi) is 5.43. The van der Waals surface area contributed by atoms with Crippen molar-refractivity contribution >= 4 is 5.91 Å². The van der Waals surface area contributed by atoms with E-state index in [2.05, 4.69) is 17.1 Å². The van der Waals surface area contributed by atoms with Crippen molar-refractivity contribution in [3.05, 3.63) is 0 Å². The van der Waals surface area contributed by atoms with Crippen molar-refractivity contribution in [2.45, 2.75) is 71.1 Å². The van der Waals surface area contributed by atoms with Crippen molar-refractivity contribution in [2.24, 2.45) is 17.3 Å². The first kappa shape index (κ1) is 16.3. The molecular weight excluding hydrogens is 272 g/mol. The highest BCUT2D eigenvalue weighted by molar-refractivity contribution is 5.76. The van der Waals surface area contributed by atoms with Gasteiger partial charge in [-0.1, -0.05) is 26.2 Å². The van der Waals surface area contributed by atoms with Gasteiger partial charge in [0.15, 0.2) is 0 Å². The van der Waals surface area contributed by atoms with Gasteiger partial charge in [0.2, 0.25) is 5.91 Å². The van der Waals surface area contributed by atoms with Crippen molar-refractivity contribution in [1.82, 2.24) is 10.2 Å². The summed E-state index contributed by atoms with van der Waals surface area (Å²) < 4.78 is 0. The Bertz CT molecular complexity index is 364. The van der Waals surface area contributed by atoms with Crippen molar-refractivity contribution in [3.63, 3.8) is 0 Å². The highest BCUT2D eigenvalue weighted by Crippen LogP contribution is 2.43. The van der Waals surface area contributed by atoms with E-state index in [0.717, 1.165) is 32.6 Å². The molecule has 0 aromatic heterocycles. The molecule has 126 valence electrons. The molecule has 0 bridgehead atoms. The lowest BCUT2D eigenvalue weighted by Crippen LogP contribution is -2.47. The normalized spacial score (nSPS) is 30.2. The molecule has 3 aliphatic rings. The zero-order valence-corrected chi connectivity index (χ0v) is 14.4. The Labute approximate surface area is 136 Å². The lowest BCUT2D eigenvalue weighted by molar-refractivity contribution is -0.136. The number of carbonyl (C=O) groups is 1. The Hall–Kier alpha value is -0.570. The van der Waals surface area contributed by atoms with Gasteiger partial charge in [0.05, 0.1) is 0 Å². The maximum Gasteiger partial charge on any atom is 0.222 e. The Morgan fingerprint density at radius 1 is 1.18 bits per heavy atom. The minimum absolute atomic E-state index is 0.433. The number of nitrogens with one attached hydrogen (secondary N) is 1. The van der Waals surface area contributed by atoms with Gasteiger partial charge in [0.25, 0.3) is 0 Å². The first-order valence-corrected chi connectivity index (χ1v) is 9.67. The van der Waals surface area contributed by atoms with Crippen LogP contribution < -0.4 is 5.32 Å². The van der Waals surface area contributed by atoms with Crippen LogP contribution in [0.2, 0.25) is 0 Å². The number of rotatable bonds is 3. The fourth-order valence-corrected chi connectivity index (χ4v) is 5.07. The molecule has 1 amide bonds. The molecule has 1 spiro atoms. The largest absolute Gasteiger partial charge is 0.342 e. The van der Waals surface area contributed by atoms with Gasteiger partial charge in [-0.2, -0.15) is 0 Å². The number of likely N-dealkylation sites (tertiary alicyclic amines) is 1. The van der Waals surface area contributed by atoms with Crippen molar-refractivity contribution in [3.8, 4) is 0 Å². The minimum atomic E-state index is 0.433. The molecule has 2 atom stereocenters. The van der Waals surface area contributed by atoms with Crippen LogP contribution in [0.1, 0.15) is 71.1 Å². The second kappa shape index (κ2) is 7.33. The highest BCUT2D eigenvalue weighted by Gasteiger charge is 2.38. The maximum absolute atomic E-state index is 12.8. The van der Waals surface area contributed by atoms with E-state index < -0.39 is 0 Å². The average Bonchev–Trinajstić information content (AvgIpc) is 2.56. The third-order valence-electron chi connectivity index (χ3n) is 6.56. The van der Waals surface area contributed by atoms with Crippen molar-refractivity contribution in [2.75, 3.05) is 26.2 Å². The van der Waals surface area contributed by atoms with Crippen molar-refractivity contribution < 1.29 is 4.79 Å². The summed E-state index contributed by atoms with van der Waals surface area (Å²) >= 11 is 0. The summed E-state index contributed by atoms with van der Waals surface area (Å²) in [5.74, 6) is 1.67. The predicted octanol–water partition coefficient (Wildman–Crippen LogP) is 3.59. The van der Waals surface area contributed by atoms with Crippen LogP contribution in [0.3, 0.4) is 0 Å². The molecule has 1 saturated carbocycles. The molecular formula is C19H34N2O. The van der Waals surface area contributed by atoms with Gasteiger partial charge in [0, 0.05) is 19.5 Å². The van der Waals surface area contributed by atoms with Gasteiger partial charge in [-0.3, -0.25) is 4.79 Å². The lowest BCUT2D eigenvalue weighted by atomic mass is 9.69. The highest BCUT2D eigenvalue weighted by atomic mass is 16.2. The standard InChI is InChI=1S/C19H34N2O/c1-16(17-7-5-11-20-14-17)13-18(22)21-12-6-10-19(15-21)8-3-2-4-9-19/h16-17,20H,2-15H2,1H3. The average molecular weight is 306 g/mol. The summed E-state index contributed by atoms with van der Waals surface area (Å²) in [5, 5.41) is 3.49. The van der Waals surface area contributed by atoms with E-state index >= 15 is 0 Å². The number of hydrogen-bond donors (Lipinski definition) is 1. The summed E-state index contributed by atoms with van der Waals surface area (Å²) in [7, 11) is 0. The van der Waals surface area contributed by atoms with Crippen LogP contribution in [-0.2, 0) is 4.79 Å². The Balaban J connectivity index is 1.52. The molecule has 2 unspecified atom stereocenters. The van der Waals surface area contributed by atoms with Crippen LogP contribution >= 0.6 is 0 Å². The molecule has 2 heterocycles. The smallest absolute Gasteiger partial charge is 0.222 e. The second-order valence-corrected chi connectivity index (χ2v) is 8.27. The molecule has 3 fully saturated rings. The minimum Gasteiger partial charge on any atom is -0.342 e. The summed E-state index contributed by atoms with van der Waals surface area (Å²) in [6, 6.07) is 0. The number of hydrogen-bond acceptors (Lipinski definition) is 2. The number of nitrogens with zero attached hydrogens (tertiary/aromatic N) is 1. The first-order chi connectivity index (χ1) is 10.7. The van der Waals surface area contributed by atoms with Gasteiger partial charge >= 0.3 is 0 Å². The first-order valence-electron chi connectivity index (χ1n) is 9.67. The number of amides is 1. The molecule has 1 aliphatic carbocycles. The van der Waals surface area contributed by atoms with Crippen LogP contribution in [0, 0.1) is 17.3 Å². The third-order valence-corrected chi connectivity index (χ3v) is 6.56. The van der Waals surface area contributed by atoms with Gasteiger partial charge in [-0.05, 0) is 68.9 Å². The lowest BCUT2D eigenvalue weighted by Gasteiger charge is -2.45. The second-order valence-electron chi connectivity index (χ2n) is 8.27. The van der Waals surface area contributed by atoms with E-state index in [1.165, 1.54) is 57.8 Å².